The number of nitrogens with zero attached hydrogens (tertiary/aromatic N) is 2. The lowest BCUT2D eigenvalue weighted by atomic mass is 10.0. The van der Waals surface area contributed by atoms with Gasteiger partial charge in [0.05, 0.1) is 16.1 Å². The minimum atomic E-state index is -3.57. The van der Waals surface area contributed by atoms with Gasteiger partial charge in [-0.25, -0.2) is 8.42 Å². The third-order valence-electron chi connectivity index (χ3n) is 5.48. The third kappa shape index (κ3) is 3.63. The number of aryl methyl sites for hydroxylation is 2. The number of hydrogen-bond donors (Lipinski definition) is 1. The Labute approximate surface area is 170 Å². The number of rotatable bonds is 4. The van der Waals surface area contributed by atoms with Crippen molar-refractivity contribution in [3.8, 4) is 0 Å². The van der Waals surface area contributed by atoms with Gasteiger partial charge in [0.15, 0.2) is 0 Å². The molecule has 0 aliphatic carbocycles. The van der Waals surface area contributed by atoms with Gasteiger partial charge >= 0.3 is 0 Å². The summed E-state index contributed by atoms with van der Waals surface area (Å²) < 4.78 is 27.1. The van der Waals surface area contributed by atoms with Gasteiger partial charge in [0.1, 0.15) is 0 Å². The number of sulfonamides is 1. The zero-order valence-corrected chi connectivity index (χ0v) is 17.3. The topological polar surface area (TPSA) is 79.4 Å². The number of hydrogen-bond acceptors (Lipinski definition) is 4. The van der Waals surface area contributed by atoms with Gasteiger partial charge in [-0.3, -0.25) is 9.78 Å². The molecule has 6 nitrogen and oxygen atoms in total. The molecule has 1 fully saturated rings. The van der Waals surface area contributed by atoms with Crippen LogP contribution in [0.2, 0.25) is 0 Å². The second kappa shape index (κ2) is 7.57. The van der Waals surface area contributed by atoms with E-state index in [1.54, 1.807) is 30.5 Å². The predicted molar refractivity (Wildman–Crippen MR) is 114 cm³/mol. The van der Waals surface area contributed by atoms with Crippen LogP contribution in [0.4, 0.5) is 5.69 Å². The van der Waals surface area contributed by atoms with E-state index in [9.17, 15) is 13.2 Å². The molecule has 0 atom stereocenters. The van der Waals surface area contributed by atoms with Gasteiger partial charge in [-0.15, -0.1) is 0 Å². The number of carbonyl (C=O) groups is 1. The Bertz CT molecular complexity index is 1200. The van der Waals surface area contributed by atoms with Crippen LogP contribution in [0, 0.1) is 13.8 Å². The highest BCUT2D eigenvalue weighted by molar-refractivity contribution is 7.89. The average Bonchev–Trinajstić information content (AvgIpc) is 3.27. The van der Waals surface area contributed by atoms with Crippen LogP contribution >= 0.6 is 0 Å². The zero-order chi connectivity index (χ0) is 20.6. The molecule has 1 aromatic heterocycles. The standard InChI is InChI=1S/C22H23N3O3S/c1-15-8-9-19-20(10-11-23-21(19)16(15)2)24-22(26)17-6-5-7-18(14-17)29(27,28)25-12-3-4-13-25/h5-11,14H,3-4,12-13H2,1-2H3,(H,23,24,26). The zero-order valence-electron chi connectivity index (χ0n) is 16.5. The minimum Gasteiger partial charge on any atom is -0.321 e. The van der Waals surface area contributed by atoms with E-state index in [1.165, 1.54) is 10.4 Å². The molecule has 7 heteroatoms. The summed E-state index contributed by atoms with van der Waals surface area (Å²) in [5.41, 5.74) is 3.99. The first-order valence-electron chi connectivity index (χ1n) is 9.64. The van der Waals surface area contributed by atoms with Crippen LogP contribution in [-0.4, -0.2) is 36.7 Å². The number of anilines is 1. The average molecular weight is 410 g/mol. The Morgan fingerprint density at radius 1 is 1.07 bits per heavy atom. The molecule has 0 saturated carbocycles. The first-order chi connectivity index (χ1) is 13.9. The predicted octanol–water partition coefficient (Wildman–Crippen LogP) is 3.89. The molecule has 0 unspecified atom stereocenters. The normalized spacial score (nSPS) is 15.0. The number of pyridine rings is 1. The molecule has 0 spiro atoms. The largest absolute Gasteiger partial charge is 0.321 e. The molecule has 4 rings (SSSR count). The monoisotopic (exact) mass is 409 g/mol. The quantitative estimate of drug-likeness (QED) is 0.709. The third-order valence-corrected chi connectivity index (χ3v) is 7.38. The van der Waals surface area contributed by atoms with Gasteiger partial charge in [0.25, 0.3) is 5.91 Å². The molecule has 150 valence electrons. The van der Waals surface area contributed by atoms with E-state index in [2.05, 4.69) is 10.3 Å². The van der Waals surface area contributed by atoms with E-state index in [4.69, 9.17) is 0 Å². The minimum absolute atomic E-state index is 0.151. The van der Waals surface area contributed by atoms with Gasteiger partial charge < -0.3 is 5.32 Å². The van der Waals surface area contributed by atoms with E-state index in [1.807, 2.05) is 26.0 Å². The Hall–Kier alpha value is -2.77. The molecule has 1 aliphatic heterocycles. The molecule has 3 aromatic rings. The van der Waals surface area contributed by atoms with Crippen molar-refractivity contribution in [3.05, 3.63) is 65.4 Å². The highest BCUT2D eigenvalue weighted by Gasteiger charge is 2.27. The summed E-state index contributed by atoms with van der Waals surface area (Å²) in [7, 11) is -3.57. The SMILES string of the molecule is Cc1ccc2c(NC(=O)c3cccc(S(=O)(=O)N4CCCC4)c3)ccnc2c1C. The van der Waals surface area contributed by atoms with Crippen LogP contribution in [0.5, 0.6) is 0 Å². The maximum atomic E-state index is 12.9. The van der Waals surface area contributed by atoms with E-state index in [0.717, 1.165) is 34.9 Å². The number of nitrogens with one attached hydrogen (secondary N) is 1. The maximum Gasteiger partial charge on any atom is 0.255 e. The number of benzene rings is 2. The van der Waals surface area contributed by atoms with Crippen molar-refractivity contribution in [2.45, 2.75) is 31.6 Å². The lowest BCUT2D eigenvalue weighted by molar-refractivity contribution is 0.102. The second-order valence-corrected chi connectivity index (χ2v) is 9.29. The fourth-order valence-electron chi connectivity index (χ4n) is 3.64. The van der Waals surface area contributed by atoms with Gasteiger partial charge in [-0.1, -0.05) is 18.2 Å². The molecule has 1 amide bonds. The lowest BCUT2D eigenvalue weighted by Crippen LogP contribution is -2.28. The van der Waals surface area contributed by atoms with Crippen molar-refractivity contribution in [2.24, 2.45) is 0 Å². The van der Waals surface area contributed by atoms with Crippen molar-refractivity contribution >= 4 is 32.5 Å². The van der Waals surface area contributed by atoms with Crippen molar-refractivity contribution in [1.82, 2.24) is 9.29 Å². The number of fused-ring (bicyclic) bond motifs is 1. The highest BCUT2D eigenvalue weighted by atomic mass is 32.2. The van der Waals surface area contributed by atoms with Crippen LogP contribution in [0.25, 0.3) is 10.9 Å². The summed E-state index contributed by atoms with van der Waals surface area (Å²) in [6.07, 6.45) is 3.40. The summed E-state index contributed by atoms with van der Waals surface area (Å²) in [5.74, 6) is -0.353. The van der Waals surface area contributed by atoms with E-state index < -0.39 is 10.0 Å². The molecular weight excluding hydrogens is 386 g/mol. The maximum absolute atomic E-state index is 12.9. The van der Waals surface area contributed by atoms with Crippen LogP contribution in [0.1, 0.15) is 34.3 Å². The van der Waals surface area contributed by atoms with Gasteiger partial charge in [-0.2, -0.15) is 4.31 Å². The summed E-state index contributed by atoms with van der Waals surface area (Å²) >= 11 is 0. The molecule has 1 saturated heterocycles. The Morgan fingerprint density at radius 2 is 1.83 bits per heavy atom. The number of aromatic nitrogens is 1. The fraction of sp³-hybridized carbons (Fsp3) is 0.273. The molecular formula is C22H23N3O3S. The molecule has 29 heavy (non-hydrogen) atoms. The Morgan fingerprint density at radius 3 is 2.59 bits per heavy atom. The molecule has 1 N–H and O–H groups in total. The summed E-state index contributed by atoms with van der Waals surface area (Å²) in [6, 6.07) is 11.9. The van der Waals surface area contributed by atoms with Crippen molar-refractivity contribution in [3.63, 3.8) is 0 Å². The van der Waals surface area contributed by atoms with Crippen LogP contribution in [0.3, 0.4) is 0 Å². The smallest absolute Gasteiger partial charge is 0.255 e. The molecule has 2 heterocycles. The highest BCUT2D eigenvalue weighted by Crippen LogP contribution is 2.27. The van der Waals surface area contributed by atoms with Gasteiger partial charge in [0, 0.05) is 30.2 Å². The van der Waals surface area contributed by atoms with Crippen LogP contribution in [0.15, 0.2) is 53.6 Å². The Kier molecular flexibility index (Phi) is 5.10. The van der Waals surface area contributed by atoms with Crippen molar-refractivity contribution in [2.75, 3.05) is 18.4 Å². The summed E-state index contributed by atoms with van der Waals surface area (Å²) in [4.78, 5) is 17.5. The van der Waals surface area contributed by atoms with E-state index >= 15 is 0 Å². The molecule has 0 radical (unpaired) electrons. The fourth-order valence-corrected chi connectivity index (χ4v) is 5.20. The first kappa shape index (κ1) is 19.5. The second-order valence-electron chi connectivity index (χ2n) is 7.36. The van der Waals surface area contributed by atoms with Crippen molar-refractivity contribution in [1.29, 1.82) is 0 Å². The summed E-state index contributed by atoms with van der Waals surface area (Å²) in [5, 5.41) is 3.76. The Balaban J connectivity index is 1.65. The van der Waals surface area contributed by atoms with Crippen LogP contribution in [-0.2, 0) is 10.0 Å². The van der Waals surface area contributed by atoms with Gasteiger partial charge in [-0.05, 0) is 62.1 Å². The molecule has 2 aromatic carbocycles. The molecule has 1 aliphatic rings. The first-order valence-corrected chi connectivity index (χ1v) is 11.1. The summed E-state index contributed by atoms with van der Waals surface area (Å²) in [6.45, 7) is 5.08. The van der Waals surface area contributed by atoms with E-state index in [-0.39, 0.29) is 10.8 Å². The van der Waals surface area contributed by atoms with Crippen LogP contribution < -0.4 is 5.32 Å². The van der Waals surface area contributed by atoms with Gasteiger partial charge in [0.2, 0.25) is 10.0 Å². The van der Waals surface area contributed by atoms with Crippen molar-refractivity contribution < 1.29 is 13.2 Å². The molecule has 0 bridgehead atoms. The number of carbonyl (C=O) groups excluding carboxylic acids is 1. The lowest BCUT2D eigenvalue weighted by Gasteiger charge is -2.16. The van der Waals surface area contributed by atoms with E-state index in [0.29, 0.717) is 24.3 Å². The number of amides is 1.